The van der Waals surface area contributed by atoms with E-state index < -0.39 is 11.9 Å². The molecule has 2 aromatic carbocycles. The Morgan fingerprint density at radius 1 is 1.12 bits per heavy atom. The van der Waals surface area contributed by atoms with Crippen molar-refractivity contribution in [3.63, 3.8) is 0 Å². The van der Waals surface area contributed by atoms with Crippen molar-refractivity contribution >= 4 is 23.6 Å². The van der Waals surface area contributed by atoms with Gasteiger partial charge < -0.3 is 10.2 Å². The normalized spacial score (nSPS) is 24.2. The summed E-state index contributed by atoms with van der Waals surface area (Å²) in [6.45, 7) is 0.642. The molecule has 1 saturated heterocycles. The second-order valence-electron chi connectivity index (χ2n) is 8.61. The van der Waals surface area contributed by atoms with E-state index in [-0.39, 0.29) is 41.8 Å². The number of halogens is 1. The number of carbonyl (C=O) groups is 4. The zero-order chi connectivity index (χ0) is 22.4. The summed E-state index contributed by atoms with van der Waals surface area (Å²) in [5.74, 6) is -1.29. The van der Waals surface area contributed by atoms with Crippen LogP contribution in [0, 0.1) is 11.7 Å². The third-order valence-corrected chi connectivity index (χ3v) is 6.48. The van der Waals surface area contributed by atoms with E-state index in [1.165, 1.54) is 17.0 Å². The van der Waals surface area contributed by atoms with Crippen molar-refractivity contribution in [1.82, 2.24) is 15.5 Å². The van der Waals surface area contributed by atoms with Gasteiger partial charge in [0.1, 0.15) is 11.9 Å². The van der Waals surface area contributed by atoms with E-state index in [1.807, 2.05) is 6.07 Å². The first kappa shape index (κ1) is 20.4. The maximum Gasteiger partial charge on any atom is 0.255 e. The van der Waals surface area contributed by atoms with E-state index in [2.05, 4.69) is 10.6 Å². The van der Waals surface area contributed by atoms with Gasteiger partial charge in [0.15, 0.2) is 0 Å². The third-order valence-electron chi connectivity index (χ3n) is 6.48. The molecule has 1 aliphatic carbocycles. The van der Waals surface area contributed by atoms with E-state index in [0.29, 0.717) is 25.1 Å². The summed E-state index contributed by atoms with van der Waals surface area (Å²) in [5, 5.41) is 5.24. The molecule has 0 radical (unpaired) electrons. The smallest absolute Gasteiger partial charge is 0.255 e. The van der Waals surface area contributed by atoms with Gasteiger partial charge in [-0.3, -0.25) is 24.5 Å². The van der Waals surface area contributed by atoms with Crippen molar-refractivity contribution in [2.75, 3.05) is 0 Å². The van der Waals surface area contributed by atoms with Crippen LogP contribution in [0.2, 0.25) is 0 Å². The maximum absolute atomic E-state index is 13.1. The number of nitrogens with zero attached hydrogens (tertiary/aromatic N) is 1. The van der Waals surface area contributed by atoms with Crippen LogP contribution in [-0.4, -0.2) is 34.6 Å². The van der Waals surface area contributed by atoms with Crippen molar-refractivity contribution in [1.29, 1.82) is 0 Å². The Bertz CT molecular complexity index is 1130. The van der Waals surface area contributed by atoms with Crippen LogP contribution >= 0.6 is 0 Å². The average Bonchev–Trinajstić information content (AvgIpc) is 3.51. The predicted molar refractivity (Wildman–Crippen MR) is 112 cm³/mol. The molecule has 1 unspecified atom stereocenters. The second-order valence-corrected chi connectivity index (χ2v) is 8.61. The quantitative estimate of drug-likeness (QED) is 0.703. The maximum atomic E-state index is 13.1. The summed E-state index contributed by atoms with van der Waals surface area (Å²) < 4.78 is 13.1. The molecule has 2 fully saturated rings. The summed E-state index contributed by atoms with van der Waals surface area (Å²) in [5.41, 5.74) is 3.19. The van der Waals surface area contributed by atoms with Gasteiger partial charge in [0.2, 0.25) is 17.7 Å². The summed E-state index contributed by atoms with van der Waals surface area (Å²) in [6, 6.07) is 11.0. The van der Waals surface area contributed by atoms with Crippen molar-refractivity contribution in [2.45, 2.75) is 44.3 Å². The van der Waals surface area contributed by atoms with E-state index >= 15 is 0 Å². The van der Waals surface area contributed by atoms with Gasteiger partial charge in [-0.2, -0.15) is 0 Å². The zero-order valence-corrected chi connectivity index (χ0v) is 17.3. The van der Waals surface area contributed by atoms with Crippen molar-refractivity contribution in [2.24, 2.45) is 5.92 Å². The highest BCUT2D eigenvalue weighted by molar-refractivity contribution is 6.05. The molecule has 8 heteroatoms. The van der Waals surface area contributed by atoms with Gasteiger partial charge in [0.05, 0.1) is 0 Å². The molecule has 4 amide bonds. The van der Waals surface area contributed by atoms with Gasteiger partial charge in [0.25, 0.3) is 5.91 Å². The molecule has 0 spiro atoms. The summed E-state index contributed by atoms with van der Waals surface area (Å²) in [4.78, 5) is 50.3. The lowest BCUT2D eigenvalue weighted by molar-refractivity contribution is -0.137. The number of rotatable bonds is 5. The number of amides is 4. The van der Waals surface area contributed by atoms with Gasteiger partial charge in [-0.05, 0) is 53.6 Å². The van der Waals surface area contributed by atoms with Crippen LogP contribution in [0.3, 0.4) is 0 Å². The van der Waals surface area contributed by atoms with Crippen LogP contribution < -0.4 is 10.6 Å². The summed E-state index contributed by atoms with van der Waals surface area (Å²) in [6.07, 6.45) is 1.29. The Labute approximate surface area is 184 Å². The van der Waals surface area contributed by atoms with Gasteiger partial charge in [-0.15, -0.1) is 0 Å². The highest BCUT2D eigenvalue weighted by Crippen LogP contribution is 2.47. The Balaban J connectivity index is 1.19. The Morgan fingerprint density at radius 2 is 1.91 bits per heavy atom. The fourth-order valence-electron chi connectivity index (χ4n) is 4.62. The third kappa shape index (κ3) is 3.77. The van der Waals surface area contributed by atoms with E-state index in [4.69, 9.17) is 0 Å². The lowest BCUT2D eigenvalue weighted by Gasteiger charge is -2.29. The van der Waals surface area contributed by atoms with Gasteiger partial charge in [0, 0.05) is 31.0 Å². The minimum absolute atomic E-state index is 0.0407. The topological polar surface area (TPSA) is 95.6 Å². The lowest BCUT2D eigenvalue weighted by atomic mass is 10.0. The van der Waals surface area contributed by atoms with Crippen LogP contribution in [0.1, 0.15) is 52.2 Å². The van der Waals surface area contributed by atoms with Crippen molar-refractivity contribution in [3.05, 3.63) is 70.5 Å². The molecule has 3 atom stereocenters. The van der Waals surface area contributed by atoms with Gasteiger partial charge >= 0.3 is 0 Å². The van der Waals surface area contributed by atoms with Crippen LogP contribution in [0.25, 0.3) is 0 Å². The molecule has 0 bridgehead atoms. The first-order valence-electron chi connectivity index (χ1n) is 10.7. The highest BCUT2D eigenvalue weighted by Gasteiger charge is 2.44. The van der Waals surface area contributed by atoms with Crippen LogP contribution in [0.5, 0.6) is 0 Å². The Kier molecular flexibility index (Phi) is 5.00. The van der Waals surface area contributed by atoms with Crippen molar-refractivity contribution in [3.8, 4) is 0 Å². The average molecular weight is 435 g/mol. The molecule has 164 valence electrons. The Hall–Kier alpha value is -3.55. The van der Waals surface area contributed by atoms with E-state index in [0.717, 1.165) is 23.1 Å². The SMILES string of the molecule is O=C1CCC(N2Cc3cc(CNC(=O)[C@@H]4C[C@H]4c4ccc(F)cc4)ccc3C2=O)C(=O)N1. The molecule has 2 aromatic rings. The van der Waals surface area contributed by atoms with Crippen LogP contribution in [-0.2, 0) is 27.5 Å². The molecular formula is C24H22FN3O4. The first-order chi connectivity index (χ1) is 15.4. The molecule has 7 nitrogen and oxygen atoms in total. The molecular weight excluding hydrogens is 413 g/mol. The number of carbonyl (C=O) groups excluding carboxylic acids is 4. The van der Waals surface area contributed by atoms with E-state index in [9.17, 15) is 23.6 Å². The lowest BCUT2D eigenvalue weighted by Crippen LogP contribution is -2.52. The zero-order valence-electron chi connectivity index (χ0n) is 17.3. The molecule has 5 rings (SSSR count). The number of hydrogen-bond donors (Lipinski definition) is 2. The standard InChI is InChI=1S/C24H22FN3O4/c25-16-4-2-14(3-5-16)18-10-19(18)22(30)26-11-13-1-6-17-15(9-13)12-28(24(17)32)20-7-8-21(29)27-23(20)31/h1-6,9,18-20H,7-8,10-12H2,(H,26,30)(H,27,29,31)/t18-,19+,20?/m0/s1. The summed E-state index contributed by atoms with van der Waals surface area (Å²) in [7, 11) is 0. The molecule has 2 N–H and O–H groups in total. The minimum atomic E-state index is -0.644. The van der Waals surface area contributed by atoms with Crippen LogP contribution in [0.4, 0.5) is 4.39 Å². The number of piperidine rings is 1. The minimum Gasteiger partial charge on any atom is -0.352 e. The highest BCUT2D eigenvalue weighted by atomic mass is 19.1. The summed E-state index contributed by atoms with van der Waals surface area (Å²) >= 11 is 0. The number of imide groups is 1. The van der Waals surface area contributed by atoms with Gasteiger partial charge in [-0.1, -0.05) is 24.3 Å². The number of hydrogen-bond acceptors (Lipinski definition) is 4. The fraction of sp³-hybridized carbons (Fsp3) is 0.333. The van der Waals surface area contributed by atoms with Crippen molar-refractivity contribution < 1.29 is 23.6 Å². The number of nitrogens with one attached hydrogen (secondary N) is 2. The number of fused-ring (bicyclic) bond motifs is 1. The molecule has 1 saturated carbocycles. The largest absolute Gasteiger partial charge is 0.352 e. The van der Waals surface area contributed by atoms with Crippen LogP contribution in [0.15, 0.2) is 42.5 Å². The molecule has 0 aromatic heterocycles. The molecule has 2 aliphatic heterocycles. The molecule has 32 heavy (non-hydrogen) atoms. The Morgan fingerprint density at radius 3 is 2.66 bits per heavy atom. The van der Waals surface area contributed by atoms with Gasteiger partial charge in [-0.25, -0.2) is 4.39 Å². The van der Waals surface area contributed by atoms with E-state index in [1.54, 1.807) is 24.3 Å². The molecule has 2 heterocycles. The second kappa shape index (κ2) is 7.85. The predicted octanol–water partition coefficient (Wildman–Crippen LogP) is 2.01. The monoisotopic (exact) mass is 435 g/mol. The first-order valence-corrected chi connectivity index (χ1v) is 10.7. The molecule has 3 aliphatic rings. The number of benzene rings is 2. The fourth-order valence-corrected chi connectivity index (χ4v) is 4.62.